The Bertz CT molecular complexity index is 429. The van der Waals surface area contributed by atoms with E-state index in [9.17, 15) is 14.0 Å². The number of halogens is 1. The van der Waals surface area contributed by atoms with E-state index in [4.69, 9.17) is 4.74 Å². The molecule has 0 unspecified atom stereocenters. The summed E-state index contributed by atoms with van der Waals surface area (Å²) in [6.45, 7) is 2.89. The normalized spacial score (nSPS) is 9.82. The van der Waals surface area contributed by atoms with Crippen LogP contribution in [0.2, 0.25) is 0 Å². The molecule has 0 heterocycles. The van der Waals surface area contributed by atoms with E-state index >= 15 is 0 Å². The van der Waals surface area contributed by atoms with Crippen molar-refractivity contribution in [1.82, 2.24) is 0 Å². The lowest BCUT2D eigenvalue weighted by Crippen LogP contribution is -2.13. The van der Waals surface area contributed by atoms with Gasteiger partial charge in [0.15, 0.2) is 6.61 Å². The maximum Gasteiger partial charge on any atom is 0.303 e. The first-order valence-corrected chi connectivity index (χ1v) is 5.13. The number of carbonyl (C=O) groups excluding carboxylic acids is 2. The Kier molecular flexibility index (Phi) is 4.63. The molecule has 0 bridgehead atoms. The van der Waals surface area contributed by atoms with Gasteiger partial charge in [0, 0.05) is 6.92 Å². The zero-order valence-electron chi connectivity index (χ0n) is 9.66. The third-order valence-electron chi connectivity index (χ3n) is 1.95. The van der Waals surface area contributed by atoms with Crippen molar-refractivity contribution in [3.63, 3.8) is 0 Å². The first-order valence-electron chi connectivity index (χ1n) is 5.13. The molecule has 0 amide bonds. The van der Waals surface area contributed by atoms with Crippen LogP contribution in [0.4, 0.5) is 4.39 Å². The van der Waals surface area contributed by atoms with Crippen LogP contribution in [0.5, 0.6) is 5.75 Å². The average molecular weight is 240 g/mol. The predicted molar refractivity (Wildman–Crippen MR) is 58.5 cm³/mol. The Labute approximate surface area is 98.3 Å². The van der Waals surface area contributed by atoms with Crippen molar-refractivity contribution < 1.29 is 23.5 Å². The van der Waals surface area contributed by atoms with Crippen molar-refractivity contribution in [3.05, 3.63) is 29.6 Å². The van der Waals surface area contributed by atoms with Gasteiger partial charge in [0.05, 0.1) is 12.2 Å². The summed E-state index contributed by atoms with van der Waals surface area (Å²) in [5.74, 6) is -1.32. The number of ketones is 1. The molecule has 0 aliphatic rings. The summed E-state index contributed by atoms with van der Waals surface area (Å²) in [5.41, 5.74) is 0.0769. The summed E-state index contributed by atoms with van der Waals surface area (Å²) in [7, 11) is 0. The van der Waals surface area contributed by atoms with Crippen LogP contribution in [0, 0.1) is 5.82 Å². The number of benzene rings is 1. The highest BCUT2D eigenvalue weighted by atomic mass is 19.1. The minimum Gasteiger partial charge on any atom is -0.493 e. The zero-order valence-corrected chi connectivity index (χ0v) is 9.66. The second kappa shape index (κ2) is 5.98. The van der Waals surface area contributed by atoms with Crippen LogP contribution in [0.3, 0.4) is 0 Å². The molecular formula is C12H13FO4. The van der Waals surface area contributed by atoms with Crippen molar-refractivity contribution in [1.29, 1.82) is 0 Å². The van der Waals surface area contributed by atoms with E-state index < -0.39 is 24.2 Å². The number of Topliss-reactive ketones (excluding diaryl/α,β-unsaturated/α-hetero) is 1. The molecule has 0 saturated carbocycles. The van der Waals surface area contributed by atoms with Gasteiger partial charge in [-0.05, 0) is 25.1 Å². The highest BCUT2D eigenvalue weighted by Crippen LogP contribution is 2.20. The van der Waals surface area contributed by atoms with E-state index in [2.05, 4.69) is 4.74 Å². The van der Waals surface area contributed by atoms with Crippen LogP contribution >= 0.6 is 0 Å². The van der Waals surface area contributed by atoms with Crippen LogP contribution in [-0.4, -0.2) is 25.0 Å². The Morgan fingerprint density at radius 2 is 2.06 bits per heavy atom. The topological polar surface area (TPSA) is 52.6 Å². The Balaban J connectivity index is 2.89. The number of hydrogen-bond donors (Lipinski definition) is 0. The van der Waals surface area contributed by atoms with Gasteiger partial charge < -0.3 is 9.47 Å². The lowest BCUT2D eigenvalue weighted by molar-refractivity contribution is -0.139. The first kappa shape index (κ1) is 13.2. The van der Waals surface area contributed by atoms with E-state index in [0.717, 1.165) is 6.07 Å². The maximum absolute atomic E-state index is 13.0. The SMILES string of the molecule is CCOc1ccc(F)cc1C(=O)COC(C)=O. The van der Waals surface area contributed by atoms with E-state index in [-0.39, 0.29) is 11.3 Å². The number of carbonyl (C=O) groups is 2. The van der Waals surface area contributed by atoms with Gasteiger partial charge in [-0.2, -0.15) is 0 Å². The van der Waals surface area contributed by atoms with Gasteiger partial charge in [-0.25, -0.2) is 4.39 Å². The van der Waals surface area contributed by atoms with Crippen molar-refractivity contribution in [2.75, 3.05) is 13.2 Å². The van der Waals surface area contributed by atoms with Crippen LogP contribution < -0.4 is 4.74 Å². The molecule has 1 aromatic carbocycles. The first-order chi connectivity index (χ1) is 8.04. The molecule has 0 N–H and O–H groups in total. The number of rotatable bonds is 5. The molecule has 1 rings (SSSR count). The summed E-state index contributed by atoms with van der Waals surface area (Å²) >= 11 is 0. The van der Waals surface area contributed by atoms with Crippen LogP contribution in [0.25, 0.3) is 0 Å². The summed E-state index contributed by atoms with van der Waals surface area (Å²) in [6.07, 6.45) is 0. The molecule has 1 aromatic rings. The Morgan fingerprint density at radius 1 is 1.35 bits per heavy atom. The lowest BCUT2D eigenvalue weighted by atomic mass is 10.1. The summed E-state index contributed by atoms with van der Waals surface area (Å²) in [6, 6.07) is 3.64. The highest BCUT2D eigenvalue weighted by Gasteiger charge is 2.14. The largest absolute Gasteiger partial charge is 0.493 e. The third-order valence-corrected chi connectivity index (χ3v) is 1.95. The average Bonchev–Trinajstić information content (AvgIpc) is 2.28. The van der Waals surface area contributed by atoms with Crippen molar-refractivity contribution in [3.8, 4) is 5.75 Å². The summed E-state index contributed by atoms with van der Waals surface area (Å²) < 4.78 is 22.8. The van der Waals surface area contributed by atoms with Gasteiger partial charge in [0.25, 0.3) is 0 Å². The summed E-state index contributed by atoms with van der Waals surface area (Å²) in [4.78, 5) is 22.3. The molecule has 17 heavy (non-hydrogen) atoms. The van der Waals surface area contributed by atoms with Crippen LogP contribution in [0.15, 0.2) is 18.2 Å². The maximum atomic E-state index is 13.0. The molecule has 0 spiro atoms. The second-order valence-electron chi connectivity index (χ2n) is 3.28. The molecule has 4 nitrogen and oxygen atoms in total. The minimum atomic E-state index is -0.562. The van der Waals surface area contributed by atoms with E-state index in [0.29, 0.717) is 6.61 Å². The van der Waals surface area contributed by atoms with E-state index in [1.807, 2.05) is 0 Å². The molecule has 0 saturated heterocycles. The molecule has 0 aliphatic carbocycles. The smallest absolute Gasteiger partial charge is 0.303 e. The minimum absolute atomic E-state index is 0.0769. The van der Waals surface area contributed by atoms with E-state index in [1.165, 1.54) is 19.1 Å². The van der Waals surface area contributed by atoms with Crippen LogP contribution in [-0.2, 0) is 9.53 Å². The fourth-order valence-electron chi connectivity index (χ4n) is 1.25. The number of esters is 1. The molecule has 0 atom stereocenters. The van der Waals surface area contributed by atoms with E-state index in [1.54, 1.807) is 6.92 Å². The van der Waals surface area contributed by atoms with Gasteiger partial charge in [0.2, 0.25) is 5.78 Å². The van der Waals surface area contributed by atoms with Crippen molar-refractivity contribution >= 4 is 11.8 Å². The van der Waals surface area contributed by atoms with Crippen molar-refractivity contribution in [2.24, 2.45) is 0 Å². The van der Waals surface area contributed by atoms with Gasteiger partial charge in [0.1, 0.15) is 11.6 Å². The van der Waals surface area contributed by atoms with Gasteiger partial charge in [-0.15, -0.1) is 0 Å². The third kappa shape index (κ3) is 3.86. The van der Waals surface area contributed by atoms with Gasteiger partial charge >= 0.3 is 5.97 Å². The molecule has 92 valence electrons. The Hall–Kier alpha value is -1.91. The van der Waals surface area contributed by atoms with Crippen molar-refractivity contribution in [2.45, 2.75) is 13.8 Å². The second-order valence-corrected chi connectivity index (χ2v) is 3.28. The summed E-state index contributed by atoms with van der Waals surface area (Å²) in [5, 5.41) is 0. The number of hydrogen-bond acceptors (Lipinski definition) is 4. The standard InChI is InChI=1S/C12H13FO4/c1-3-16-12-5-4-9(13)6-10(12)11(15)7-17-8(2)14/h4-6H,3,7H2,1-2H3. The number of ether oxygens (including phenoxy) is 2. The van der Waals surface area contributed by atoms with Gasteiger partial charge in [-0.1, -0.05) is 0 Å². The molecule has 0 aromatic heterocycles. The molecule has 0 fully saturated rings. The Morgan fingerprint density at radius 3 is 2.65 bits per heavy atom. The molecule has 5 heteroatoms. The quantitative estimate of drug-likeness (QED) is 0.583. The molecular weight excluding hydrogens is 227 g/mol. The molecule has 0 radical (unpaired) electrons. The predicted octanol–water partition coefficient (Wildman–Crippen LogP) is 1.97. The zero-order chi connectivity index (χ0) is 12.8. The molecule has 0 aliphatic heterocycles. The van der Waals surface area contributed by atoms with Crippen LogP contribution in [0.1, 0.15) is 24.2 Å². The lowest BCUT2D eigenvalue weighted by Gasteiger charge is -2.09. The monoisotopic (exact) mass is 240 g/mol. The fraction of sp³-hybridized carbons (Fsp3) is 0.333. The highest BCUT2D eigenvalue weighted by molar-refractivity contribution is 6.00. The fourth-order valence-corrected chi connectivity index (χ4v) is 1.25. The van der Waals surface area contributed by atoms with Gasteiger partial charge in [-0.3, -0.25) is 9.59 Å².